The summed E-state index contributed by atoms with van der Waals surface area (Å²) in [7, 11) is 1.68. The lowest BCUT2D eigenvalue weighted by Crippen LogP contribution is -2.11. The van der Waals surface area contributed by atoms with Gasteiger partial charge >= 0.3 is 0 Å². The molecular weight excluding hydrogens is 466 g/mol. The number of nitrogens with one attached hydrogen (secondary N) is 2. The van der Waals surface area contributed by atoms with E-state index in [0.29, 0.717) is 0 Å². The summed E-state index contributed by atoms with van der Waals surface area (Å²) in [5, 5.41) is 9.60. The maximum absolute atomic E-state index is 12.5. The molecule has 1 aliphatic carbocycles. The molecule has 0 fully saturated rings. The Hall–Kier alpha value is -3.35. The molecule has 0 radical (unpaired) electrons. The molecule has 2 heterocycles. The maximum atomic E-state index is 12.5. The fraction of sp³-hybridized carbons (Fsp3) is 0.185. The summed E-state index contributed by atoms with van der Waals surface area (Å²) in [6, 6.07) is 17.8. The third-order valence-corrected chi connectivity index (χ3v) is 6.68. The molecule has 0 unspecified atom stereocenters. The average molecular weight is 492 g/mol. The van der Waals surface area contributed by atoms with E-state index in [1.807, 2.05) is 66.1 Å². The number of carbonyl (C=O) groups is 1. The fourth-order valence-corrected chi connectivity index (χ4v) is 4.87. The van der Waals surface area contributed by atoms with Crippen LogP contribution >= 0.6 is 23.7 Å². The van der Waals surface area contributed by atoms with Gasteiger partial charge in [0.2, 0.25) is 5.91 Å². The van der Waals surface area contributed by atoms with Crippen LogP contribution in [0.4, 0.5) is 17.1 Å². The summed E-state index contributed by atoms with van der Waals surface area (Å²) < 4.78 is 5.57. The predicted octanol–water partition coefficient (Wildman–Crippen LogP) is 7.00. The molecule has 2 aromatic carbocycles. The summed E-state index contributed by atoms with van der Waals surface area (Å²) in [6.07, 6.45) is 7.66. The molecule has 0 bridgehead atoms. The van der Waals surface area contributed by atoms with Crippen LogP contribution in [0.2, 0.25) is 0 Å². The number of pyridine rings is 1. The summed E-state index contributed by atoms with van der Waals surface area (Å²) in [6.45, 7) is 0. The van der Waals surface area contributed by atoms with Crippen LogP contribution in [0, 0.1) is 0 Å². The third kappa shape index (κ3) is 5.08. The second kappa shape index (κ2) is 10.7. The number of benzene rings is 2. The smallest absolute Gasteiger partial charge is 0.248 e. The lowest BCUT2D eigenvalue weighted by molar-refractivity contribution is -0.111. The fourth-order valence-electron chi connectivity index (χ4n) is 4.25. The van der Waals surface area contributed by atoms with Crippen molar-refractivity contribution in [3.63, 3.8) is 0 Å². The first-order chi connectivity index (χ1) is 16.2. The number of anilines is 3. The Morgan fingerprint density at radius 3 is 2.76 bits per heavy atom. The minimum absolute atomic E-state index is 0. The summed E-state index contributed by atoms with van der Waals surface area (Å²) in [4.78, 5) is 18.5. The SMILES string of the molecule is COc1ccccc1Nc1c2c(nc3ccc(NC(=O)/C=C/c4cccs4)cc13)CCCC2.Cl. The number of hydrogen-bond acceptors (Lipinski definition) is 5. The average Bonchev–Trinajstić information content (AvgIpc) is 3.37. The van der Waals surface area contributed by atoms with Crippen molar-refractivity contribution >= 4 is 63.7 Å². The number of halogens is 1. The van der Waals surface area contributed by atoms with E-state index in [2.05, 4.69) is 10.6 Å². The van der Waals surface area contributed by atoms with E-state index in [-0.39, 0.29) is 18.3 Å². The molecule has 0 saturated heterocycles. The van der Waals surface area contributed by atoms with Gasteiger partial charge in [-0.3, -0.25) is 9.78 Å². The zero-order valence-electron chi connectivity index (χ0n) is 18.8. The molecule has 0 atom stereocenters. The van der Waals surface area contributed by atoms with Gasteiger partial charge in [0.15, 0.2) is 0 Å². The number of methoxy groups -OCH3 is 1. The molecule has 1 aliphatic rings. The number of nitrogens with zero attached hydrogens (tertiary/aromatic N) is 1. The van der Waals surface area contributed by atoms with Gasteiger partial charge < -0.3 is 15.4 Å². The van der Waals surface area contributed by atoms with Crippen LogP contribution in [0.25, 0.3) is 17.0 Å². The highest BCUT2D eigenvalue weighted by Gasteiger charge is 2.19. The zero-order valence-corrected chi connectivity index (χ0v) is 20.5. The molecule has 34 heavy (non-hydrogen) atoms. The normalized spacial score (nSPS) is 12.7. The highest BCUT2D eigenvalue weighted by atomic mass is 35.5. The van der Waals surface area contributed by atoms with E-state index < -0.39 is 0 Å². The van der Waals surface area contributed by atoms with Crippen LogP contribution in [-0.4, -0.2) is 18.0 Å². The van der Waals surface area contributed by atoms with Gasteiger partial charge in [0.1, 0.15) is 5.75 Å². The van der Waals surface area contributed by atoms with Crippen molar-refractivity contribution in [2.45, 2.75) is 25.7 Å². The number of thiophene rings is 1. The van der Waals surface area contributed by atoms with Gasteiger partial charge in [-0.15, -0.1) is 23.7 Å². The predicted molar refractivity (Wildman–Crippen MR) is 144 cm³/mol. The van der Waals surface area contributed by atoms with Gasteiger partial charge in [-0.1, -0.05) is 18.2 Å². The van der Waals surface area contributed by atoms with E-state index in [1.54, 1.807) is 24.5 Å². The Bertz CT molecular complexity index is 1340. The molecule has 174 valence electrons. The van der Waals surface area contributed by atoms with Gasteiger partial charge in [-0.05, 0) is 79.1 Å². The molecule has 1 amide bonds. The lowest BCUT2D eigenvalue weighted by Gasteiger charge is -2.22. The van der Waals surface area contributed by atoms with Crippen LogP contribution in [0.15, 0.2) is 66.1 Å². The van der Waals surface area contributed by atoms with E-state index in [4.69, 9.17) is 9.72 Å². The number of para-hydroxylation sites is 2. The van der Waals surface area contributed by atoms with Crippen LogP contribution in [0.5, 0.6) is 5.75 Å². The number of aromatic nitrogens is 1. The molecule has 7 heteroatoms. The van der Waals surface area contributed by atoms with Gasteiger partial charge in [-0.2, -0.15) is 0 Å². The van der Waals surface area contributed by atoms with Crippen LogP contribution < -0.4 is 15.4 Å². The first-order valence-corrected chi connectivity index (χ1v) is 12.0. The summed E-state index contributed by atoms with van der Waals surface area (Å²) in [5.74, 6) is 0.628. The molecule has 2 aromatic heterocycles. The first kappa shape index (κ1) is 23.8. The minimum Gasteiger partial charge on any atom is -0.495 e. The van der Waals surface area contributed by atoms with Gasteiger partial charge in [0, 0.05) is 27.7 Å². The molecule has 0 spiro atoms. The lowest BCUT2D eigenvalue weighted by atomic mass is 9.92. The number of aryl methyl sites for hydroxylation is 1. The van der Waals surface area contributed by atoms with Crippen LogP contribution in [0.1, 0.15) is 29.0 Å². The summed E-state index contributed by atoms with van der Waals surface area (Å²) in [5.41, 5.74) is 6.02. The standard InChI is InChI=1S/C27H25N3O2S.ClH/c1-32-25-11-5-4-10-24(25)30-27-20-8-2-3-9-22(20)29-23-14-12-18(17-21(23)27)28-26(31)15-13-19-7-6-16-33-19;/h4-7,10-17H,2-3,8-9H2,1H3,(H,28,31)(H,29,30);1H/b15-13+;. The molecule has 5 rings (SSSR count). The van der Waals surface area contributed by atoms with E-state index in [1.165, 1.54) is 5.56 Å². The number of carbonyl (C=O) groups excluding carboxylic acids is 1. The largest absolute Gasteiger partial charge is 0.495 e. The van der Waals surface area contributed by atoms with E-state index in [0.717, 1.165) is 70.0 Å². The van der Waals surface area contributed by atoms with Crippen molar-refractivity contribution in [2.75, 3.05) is 17.7 Å². The summed E-state index contributed by atoms with van der Waals surface area (Å²) >= 11 is 1.60. The van der Waals surface area contributed by atoms with Crippen molar-refractivity contribution in [3.05, 3.63) is 82.2 Å². The highest BCUT2D eigenvalue weighted by molar-refractivity contribution is 7.10. The second-order valence-corrected chi connectivity index (χ2v) is 8.99. The van der Waals surface area contributed by atoms with Gasteiger partial charge in [-0.25, -0.2) is 0 Å². The number of fused-ring (bicyclic) bond motifs is 2. The quantitative estimate of drug-likeness (QED) is 0.285. The molecule has 5 nitrogen and oxygen atoms in total. The van der Waals surface area contributed by atoms with Gasteiger partial charge in [0.05, 0.1) is 24.0 Å². The number of hydrogen-bond donors (Lipinski definition) is 2. The van der Waals surface area contributed by atoms with E-state index in [9.17, 15) is 4.79 Å². The Morgan fingerprint density at radius 2 is 1.94 bits per heavy atom. The van der Waals surface area contributed by atoms with E-state index >= 15 is 0 Å². The topological polar surface area (TPSA) is 63.2 Å². The van der Waals surface area contributed by atoms with Crippen LogP contribution in [0.3, 0.4) is 0 Å². The molecule has 2 N–H and O–H groups in total. The van der Waals surface area contributed by atoms with Crippen molar-refractivity contribution < 1.29 is 9.53 Å². The van der Waals surface area contributed by atoms with Crippen molar-refractivity contribution in [2.24, 2.45) is 0 Å². The number of amides is 1. The van der Waals surface area contributed by atoms with Crippen molar-refractivity contribution in [1.82, 2.24) is 4.98 Å². The zero-order chi connectivity index (χ0) is 22.6. The third-order valence-electron chi connectivity index (χ3n) is 5.84. The van der Waals surface area contributed by atoms with Crippen molar-refractivity contribution in [1.29, 1.82) is 0 Å². The molecule has 0 saturated carbocycles. The Labute approximate surface area is 209 Å². The Kier molecular flexibility index (Phi) is 7.50. The molecule has 4 aromatic rings. The second-order valence-electron chi connectivity index (χ2n) is 8.01. The minimum atomic E-state index is -0.159. The first-order valence-electron chi connectivity index (χ1n) is 11.1. The molecular formula is C27H26ClN3O2S. The number of ether oxygens (including phenoxy) is 1. The monoisotopic (exact) mass is 491 g/mol. The maximum Gasteiger partial charge on any atom is 0.248 e. The highest BCUT2D eigenvalue weighted by Crippen LogP contribution is 2.38. The Balaban J connectivity index is 0.00000274. The van der Waals surface area contributed by atoms with Gasteiger partial charge in [0.25, 0.3) is 0 Å². The molecule has 0 aliphatic heterocycles. The van der Waals surface area contributed by atoms with Crippen molar-refractivity contribution in [3.8, 4) is 5.75 Å². The number of rotatable bonds is 6. The van der Waals surface area contributed by atoms with Crippen LogP contribution in [-0.2, 0) is 17.6 Å². The Morgan fingerprint density at radius 1 is 1.09 bits per heavy atom.